The van der Waals surface area contributed by atoms with E-state index in [1.54, 1.807) is 7.11 Å². The van der Waals surface area contributed by atoms with E-state index in [4.69, 9.17) is 9.15 Å². The van der Waals surface area contributed by atoms with Crippen LogP contribution in [0.25, 0.3) is 11.1 Å². The number of oxazole rings is 1. The molecule has 0 saturated heterocycles. The summed E-state index contributed by atoms with van der Waals surface area (Å²) in [6, 6.07) is 5.68. The standard InChI is InChI=1S/C13H16N2O2/c1-16-10-4-5-11-12(6-10)17-13(15-11)8-14-7-9-2-3-9/h4-6,9,14H,2-3,7-8H2,1H3. The number of hydrogen-bond acceptors (Lipinski definition) is 4. The van der Waals surface area contributed by atoms with Crippen molar-refractivity contribution < 1.29 is 9.15 Å². The molecule has 1 aliphatic carbocycles. The second-order valence-electron chi connectivity index (χ2n) is 4.52. The third kappa shape index (κ3) is 2.42. The van der Waals surface area contributed by atoms with E-state index in [0.29, 0.717) is 6.54 Å². The molecule has 0 spiro atoms. The molecule has 0 aliphatic heterocycles. The molecule has 1 heterocycles. The van der Waals surface area contributed by atoms with Crippen molar-refractivity contribution in [1.82, 2.24) is 10.3 Å². The van der Waals surface area contributed by atoms with Gasteiger partial charge in [0.15, 0.2) is 5.58 Å². The molecule has 2 aromatic rings. The summed E-state index contributed by atoms with van der Waals surface area (Å²) in [5, 5.41) is 3.37. The van der Waals surface area contributed by atoms with Crippen LogP contribution in [0.3, 0.4) is 0 Å². The lowest BCUT2D eigenvalue weighted by Gasteiger charge is -1.98. The van der Waals surface area contributed by atoms with Crippen molar-refractivity contribution in [3.63, 3.8) is 0 Å². The summed E-state index contributed by atoms with van der Waals surface area (Å²) in [5.74, 6) is 2.42. The van der Waals surface area contributed by atoms with Crippen molar-refractivity contribution in [2.24, 2.45) is 5.92 Å². The Morgan fingerprint density at radius 2 is 2.35 bits per heavy atom. The summed E-state index contributed by atoms with van der Waals surface area (Å²) in [5.41, 5.74) is 1.67. The molecule has 1 saturated carbocycles. The van der Waals surface area contributed by atoms with Gasteiger partial charge >= 0.3 is 0 Å². The van der Waals surface area contributed by atoms with Crippen LogP contribution in [0.4, 0.5) is 0 Å². The molecule has 0 unspecified atom stereocenters. The Morgan fingerprint density at radius 1 is 1.47 bits per heavy atom. The quantitative estimate of drug-likeness (QED) is 0.859. The maximum atomic E-state index is 5.66. The van der Waals surface area contributed by atoms with Crippen LogP contribution in [0.1, 0.15) is 18.7 Å². The molecular weight excluding hydrogens is 216 g/mol. The fourth-order valence-corrected chi connectivity index (χ4v) is 1.86. The van der Waals surface area contributed by atoms with Crippen LogP contribution in [0, 0.1) is 5.92 Å². The van der Waals surface area contributed by atoms with E-state index in [2.05, 4.69) is 10.3 Å². The summed E-state index contributed by atoms with van der Waals surface area (Å²) >= 11 is 0. The van der Waals surface area contributed by atoms with Crippen molar-refractivity contribution in [3.05, 3.63) is 24.1 Å². The maximum absolute atomic E-state index is 5.66. The van der Waals surface area contributed by atoms with E-state index < -0.39 is 0 Å². The Kier molecular flexibility index (Phi) is 2.73. The molecule has 0 atom stereocenters. The van der Waals surface area contributed by atoms with E-state index in [9.17, 15) is 0 Å². The van der Waals surface area contributed by atoms with Crippen molar-refractivity contribution in [3.8, 4) is 5.75 Å². The Bertz CT molecular complexity index is 517. The fourth-order valence-electron chi connectivity index (χ4n) is 1.86. The Labute approximate surface area is 100.0 Å². The molecule has 1 aromatic heterocycles. The lowest BCUT2D eigenvalue weighted by atomic mass is 10.3. The van der Waals surface area contributed by atoms with Crippen LogP contribution >= 0.6 is 0 Å². The van der Waals surface area contributed by atoms with Crippen LogP contribution in [-0.2, 0) is 6.54 Å². The van der Waals surface area contributed by atoms with Gasteiger partial charge in [0.1, 0.15) is 11.3 Å². The summed E-state index contributed by atoms with van der Waals surface area (Å²) in [6.07, 6.45) is 2.72. The second-order valence-corrected chi connectivity index (χ2v) is 4.52. The topological polar surface area (TPSA) is 47.3 Å². The van der Waals surface area contributed by atoms with Gasteiger partial charge in [-0.1, -0.05) is 0 Å². The summed E-state index contributed by atoms with van der Waals surface area (Å²) in [7, 11) is 1.65. The second kappa shape index (κ2) is 4.37. The molecule has 0 amide bonds. The highest BCUT2D eigenvalue weighted by atomic mass is 16.5. The molecular formula is C13H16N2O2. The largest absolute Gasteiger partial charge is 0.497 e. The van der Waals surface area contributed by atoms with Crippen molar-refractivity contribution in [2.45, 2.75) is 19.4 Å². The zero-order chi connectivity index (χ0) is 11.7. The van der Waals surface area contributed by atoms with Gasteiger partial charge in [0.25, 0.3) is 0 Å². The lowest BCUT2D eigenvalue weighted by Crippen LogP contribution is -2.16. The number of rotatable bonds is 5. The predicted molar refractivity (Wildman–Crippen MR) is 65.0 cm³/mol. The van der Waals surface area contributed by atoms with Gasteiger partial charge in [-0.05, 0) is 37.4 Å². The molecule has 1 fully saturated rings. The number of ether oxygens (including phenoxy) is 1. The lowest BCUT2D eigenvalue weighted by molar-refractivity contribution is 0.414. The summed E-state index contributed by atoms with van der Waals surface area (Å²) in [4.78, 5) is 4.42. The Hall–Kier alpha value is -1.55. The first kappa shape index (κ1) is 10.6. The number of benzene rings is 1. The van der Waals surface area contributed by atoms with Crippen LogP contribution in [-0.4, -0.2) is 18.6 Å². The number of nitrogens with one attached hydrogen (secondary N) is 1. The molecule has 3 rings (SSSR count). The van der Waals surface area contributed by atoms with Gasteiger partial charge in [-0.15, -0.1) is 0 Å². The SMILES string of the molecule is COc1ccc2nc(CNCC3CC3)oc2c1. The number of hydrogen-bond donors (Lipinski definition) is 1. The van der Waals surface area contributed by atoms with Gasteiger partial charge in [0, 0.05) is 6.07 Å². The van der Waals surface area contributed by atoms with Crippen molar-refractivity contribution in [2.75, 3.05) is 13.7 Å². The smallest absolute Gasteiger partial charge is 0.209 e. The van der Waals surface area contributed by atoms with Crippen molar-refractivity contribution >= 4 is 11.1 Å². The van der Waals surface area contributed by atoms with E-state index in [1.807, 2.05) is 18.2 Å². The number of methoxy groups -OCH3 is 1. The molecule has 90 valence electrons. The van der Waals surface area contributed by atoms with Gasteiger partial charge in [-0.25, -0.2) is 4.98 Å². The zero-order valence-electron chi connectivity index (χ0n) is 9.90. The first-order valence-corrected chi connectivity index (χ1v) is 5.99. The average molecular weight is 232 g/mol. The Balaban J connectivity index is 1.71. The third-order valence-corrected chi connectivity index (χ3v) is 3.05. The van der Waals surface area contributed by atoms with Crippen molar-refractivity contribution in [1.29, 1.82) is 0 Å². The number of fused-ring (bicyclic) bond motifs is 1. The molecule has 1 aliphatic rings. The minimum atomic E-state index is 0.702. The van der Waals surface area contributed by atoms with Gasteiger partial charge in [0.05, 0.1) is 13.7 Å². The molecule has 4 heteroatoms. The molecule has 0 radical (unpaired) electrons. The molecule has 1 aromatic carbocycles. The summed E-state index contributed by atoms with van der Waals surface area (Å²) in [6.45, 7) is 1.77. The number of nitrogens with zero attached hydrogens (tertiary/aromatic N) is 1. The fraction of sp³-hybridized carbons (Fsp3) is 0.462. The van der Waals surface area contributed by atoms with E-state index >= 15 is 0 Å². The van der Waals surface area contributed by atoms with Crippen LogP contribution < -0.4 is 10.1 Å². The molecule has 4 nitrogen and oxygen atoms in total. The zero-order valence-corrected chi connectivity index (χ0v) is 9.90. The monoisotopic (exact) mass is 232 g/mol. The van der Waals surface area contributed by atoms with Gasteiger partial charge in [0.2, 0.25) is 5.89 Å². The highest BCUT2D eigenvalue weighted by Crippen LogP contribution is 2.27. The van der Waals surface area contributed by atoms with E-state index in [0.717, 1.165) is 35.2 Å². The predicted octanol–water partition coefficient (Wildman–Crippen LogP) is 2.34. The van der Waals surface area contributed by atoms with Crippen LogP contribution in [0.2, 0.25) is 0 Å². The highest BCUT2D eigenvalue weighted by Gasteiger charge is 2.20. The van der Waals surface area contributed by atoms with Crippen LogP contribution in [0.5, 0.6) is 5.75 Å². The normalized spacial score (nSPS) is 15.4. The van der Waals surface area contributed by atoms with Crippen LogP contribution in [0.15, 0.2) is 22.6 Å². The van der Waals surface area contributed by atoms with Gasteiger partial charge in [-0.3, -0.25) is 0 Å². The first-order chi connectivity index (χ1) is 8.35. The third-order valence-electron chi connectivity index (χ3n) is 3.05. The first-order valence-electron chi connectivity index (χ1n) is 5.99. The van der Waals surface area contributed by atoms with E-state index in [-0.39, 0.29) is 0 Å². The van der Waals surface area contributed by atoms with E-state index in [1.165, 1.54) is 12.8 Å². The molecule has 1 N–H and O–H groups in total. The molecule has 17 heavy (non-hydrogen) atoms. The minimum Gasteiger partial charge on any atom is -0.497 e. The maximum Gasteiger partial charge on any atom is 0.209 e. The number of aromatic nitrogens is 1. The van der Waals surface area contributed by atoms with Gasteiger partial charge < -0.3 is 14.5 Å². The Morgan fingerprint density at radius 3 is 3.12 bits per heavy atom. The highest BCUT2D eigenvalue weighted by molar-refractivity contribution is 5.74. The molecule has 0 bridgehead atoms. The van der Waals surface area contributed by atoms with Gasteiger partial charge in [-0.2, -0.15) is 0 Å². The summed E-state index contributed by atoms with van der Waals surface area (Å²) < 4.78 is 10.8. The minimum absolute atomic E-state index is 0.702. The average Bonchev–Trinajstić information content (AvgIpc) is 3.07.